The first kappa shape index (κ1) is 25.9. The van der Waals surface area contributed by atoms with E-state index < -0.39 is 27.4 Å². The first-order valence-corrected chi connectivity index (χ1v) is 13.7. The largest absolute Gasteiger partial charge is 0.489 e. The zero-order chi connectivity index (χ0) is 26.9. The second kappa shape index (κ2) is 10.6. The number of anilines is 1. The van der Waals surface area contributed by atoms with Crippen LogP contribution in [0.25, 0.3) is 11.5 Å². The molecule has 0 aromatic carbocycles. The van der Waals surface area contributed by atoms with Gasteiger partial charge in [0.2, 0.25) is 16.0 Å². The van der Waals surface area contributed by atoms with E-state index in [9.17, 15) is 8.42 Å². The molecule has 0 saturated heterocycles. The molecule has 3 atom stereocenters. The van der Waals surface area contributed by atoms with E-state index in [2.05, 4.69) is 34.9 Å². The van der Waals surface area contributed by atoms with Gasteiger partial charge in [-0.15, -0.1) is 10.2 Å². The van der Waals surface area contributed by atoms with E-state index in [1.54, 1.807) is 55.2 Å². The van der Waals surface area contributed by atoms with Crippen molar-refractivity contribution in [2.75, 3.05) is 11.3 Å². The average Bonchev–Trinajstić information content (AvgIpc) is 3.22. The molecule has 0 radical (unpaired) electrons. The minimum atomic E-state index is -4.10. The molecule has 1 N–H and O–H groups in total. The lowest BCUT2D eigenvalue weighted by atomic mass is 10.1. The molecule has 0 unspecified atom stereocenters. The van der Waals surface area contributed by atoms with Crippen molar-refractivity contribution in [3.05, 3.63) is 71.7 Å². The summed E-state index contributed by atoms with van der Waals surface area (Å²) >= 11 is 5.93. The summed E-state index contributed by atoms with van der Waals surface area (Å²) in [7, 11) is -4.10. The van der Waals surface area contributed by atoms with Crippen LogP contribution in [0.1, 0.15) is 44.3 Å². The Labute approximate surface area is 224 Å². The Morgan fingerprint density at radius 3 is 2.55 bits per heavy atom. The molecule has 5 rings (SSSR count). The highest BCUT2D eigenvalue weighted by molar-refractivity contribution is 7.93. The van der Waals surface area contributed by atoms with Crippen molar-refractivity contribution in [1.82, 2.24) is 34.7 Å². The van der Waals surface area contributed by atoms with Gasteiger partial charge in [-0.05, 0) is 44.5 Å². The third kappa shape index (κ3) is 5.17. The van der Waals surface area contributed by atoms with Crippen LogP contribution in [0, 0.1) is 0 Å². The summed E-state index contributed by atoms with van der Waals surface area (Å²) in [4.78, 5) is 17.0. The van der Waals surface area contributed by atoms with Gasteiger partial charge in [0.05, 0.1) is 17.2 Å². The lowest BCUT2D eigenvalue weighted by Crippen LogP contribution is -2.35. The SMILES string of the molecule is CC(C)O[C@@H](c1ncc(Cl)cn1)[C@H](C)S(=O)(=O)Nc1nnc2n1[C@@H](c1cccnc1)COc1cccnc1-2. The first-order valence-electron chi connectivity index (χ1n) is 11.8. The molecule has 14 heteroatoms. The van der Waals surface area contributed by atoms with Crippen LogP contribution >= 0.6 is 11.6 Å². The highest BCUT2D eigenvalue weighted by Gasteiger charge is 2.37. The third-order valence-electron chi connectivity index (χ3n) is 5.92. The fourth-order valence-corrected chi connectivity index (χ4v) is 5.27. The molecule has 0 saturated carbocycles. The number of fused-ring (bicyclic) bond motifs is 3. The average molecular weight is 557 g/mol. The van der Waals surface area contributed by atoms with Gasteiger partial charge in [0.15, 0.2) is 11.6 Å². The lowest BCUT2D eigenvalue weighted by molar-refractivity contribution is 0.00154. The minimum Gasteiger partial charge on any atom is -0.489 e. The van der Waals surface area contributed by atoms with Crippen molar-refractivity contribution < 1.29 is 17.9 Å². The van der Waals surface area contributed by atoms with Crippen molar-refractivity contribution in [2.24, 2.45) is 0 Å². The molecule has 5 heterocycles. The van der Waals surface area contributed by atoms with Crippen LogP contribution < -0.4 is 9.46 Å². The molecule has 38 heavy (non-hydrogen) atoms. The maximum absolute atomic E-state index is 13.7. The highest BCUT2D eigenvalue weighted by Crippen LogP contribution is 2.37. The van der Waals surface area contributed by atoms with Gasteiger partial charge in [-0.3, -0.25) is 14.3 Å². The molecule has 4 aromatic heterocycles. The molecule has 198 valence electrons. The van der Waals surface area contributed by atoms with Gasteiger partial charge >= 0.3 is 0 Å². The standard InChI is InChI=1S/C24H25ClN8O4S/c1-14(2)37-21(22-28-11-17(25)12-29-22)15(3)38(34,35)32-24-31-30-23-20-19(7-5-9-27-20)36-13-18(33(23)24)16-6-4-8-26-10-16/h4-12,14-15,18,21H,13H2,1-3H3,(H,31,32)/t15-,18+,21+/m0/s1. The number of hydrogen-bond donors (Lipinski definition) is 1. The Morgan fingerprint density at radius 1 is 1.08 bits per heavy atom. The number of sulfonamides is 1. The molecule has 0 amide bonds. The second-order valence-corrected chi connectivity index (χ2v) is 11.4. The number of nitrogens with zero attached hydrogens (tertiary/aromatic N) is 7. The maximum atomic E-state index is 13.7. The number of hydrogen-bond acceptors (Lipinski definition) is 10. The monoisotopic (exact) mass is 556 g/mol. The van der Waals surface area contributed by atoms with Gasteiger partial charge in [0, 0.05) is 31.0 Å². The van der Waals surface area contributed by atoms with Crippen molar-refractivity contribution in [1.29, 1.82) is 0 Å². The number of nitrogens with one attached hydrogen (secondary N) is 1. The van der Waals surface area contributed by atoms with Gasteiger partial charge in [-0.2, -0.15) is 0 Å². The first-order chi connectivity index (χ1) is 18.2. The van der Waals surface area contributed by atoms with Crippen molar-refractivity contribution in [3.8, 4) is 17.3 Å². The number of pyridine rings is 2. The fraction of sp³-hybridized carbons (Fsp3) is 0.333. The summed E-state index contributed by atoms with van der Waals surface area (Å²) in [6, 6.07) is 6.71. The normalized spacial score (nSPS) is 16.6. The maximum Gasteiger partial charge on any atom is 0.240 e. The summed E-state index contributed by atoms with van der Waals surface area (Å²) in [5, 5.41) is 7.71. The van der Waals surface area contributed by atoms with Crippen molar-refractivity contribution in [2.45, 2.75) is 44.3 Å². The van der Waals surface area contributed by atoms with E-state index in [-0.39, 0.29) is 24.5 Å². The molecule has 12 nitrogen and oxygen atoms in total. The molecular weight excluding hydrogens is 532 g/mol. The van der Waals surface area contributed by atoms with E-state index in [0.29, 0.717) is 22.3 Å². The predicted octanol–water partition coefficient (Wildman–Crippen LogP) is 3.46. The zero-order valence-electron chi connectivity index (χ0n) is 20.8. The van der Waals surface area contributed by atoms with E-state index >= 15 is 0 Å². The van der Waals surface area contributed by atoms with Gasteiger partial charge < -0.3 is 9.47 Å². The van der Waals surface area contributed by atoms with Crippen LogP contribution in [0.3, 0.4) is 0 Å². The summed E-state index contributed by atoms with van der Waals surface area (Å²) in [5.74, 6) is 1.07. The molecule has 0 aliphatic carbocycles. The van der Waals surface area contributed by atoms with E-state index in [4.69, 9.17) is 21.1 Å². The van der Waals surface area contributed by atoms with E-state index in [1.807, 2.05) is 6.07 Å². The highest BCUT2D eigenvalue weighted by atomic mass is 35.5. The fourth-order valence-electron chi connectivity index (χ4n) is 4.08. The number of aromatic nitrogens is 7. The Morgan fingerprint density at radius 2 is 1.84 bits per heavy atom. The van der Waals surface area contributed by atoms with Crippen LogP contribution in [0.5, 0.6) is 5.75 Å². The van der Waals surface area contributed by atoms with Crippen LogP contribution in [0.15, 0.2) is 55.2 Å². The smallest absolute Gasteiger partial charge is 0.240 e. The molecule has 1 aliphatic heterocycles. The summed E-state index contributed by atoms with van der Waals surface area (Å²) in [6.07, 6.45) is 6.48. The Balaban J connectivity index is 1.55. The van der Waals surface area contributed by atoms with Gasteiger partial charge in [-0.25, -0.2) is 23.4 Å². The molecule has 0 spiro atoms. The van der Waals surface area contributed by atoms with Crippen LogP contribution in [-0.4, -0.2) is 61.1 Å². The van der Waals surface area contributed by atoms with E-state index in [0.717, 1.165) is 5.56 Å². The molecule has 1 aliphatic rings. The van der Waals surface area contributed by atoms with Gasteiger partial charge in [0.1, 0.15) is 29.4 Å². The van der Waals surface area contributed by atoms with Gasteiger partial charge in [-0.1, -0.05) is 17.7 Å². The Bertz CT molecular complexity index is 1520. The lowest BCUT2D eigenvalue weighted by Gasteiger charge is -2.26. The van der Waals surface area contributed by atoms with Crippen LogP contribution in [0.4, 0.5) is 5.95 Å². The summed E-state index contributed by atoms with van der Waals surface area (Å²) in [6.45, 7) is 5.30. The van der Waals surface area contributed by atoms with Crippen molar-refractivity contribution >= 4 is 27.6 Å². The summed E-state index contributed by atoms with van der Waals surface area (Å²) in [5.41, 5.74) is 1.23. The minimum absolute atomic E-state index is 0.00290. The Kier molecular flexibility index (Phi) is 7.23. The zero-order valence-corrected chi connectivity index (χ0v) is 22.3. The van der Waals surface area contributed by atoms with Crippen LogP contribution in [-0.2, 0) is 14.8 Å². The molecular formula is C24H25ClN8O4S. The molecule has 4 aromatic rings. The topological polar surface area (TPSA) is 147 Å². The summed E-state index contributed by atoms with van der Waals surface area (Å²) < 4.78 is 43.7. The third-order valence-corrected chi connectivity index (χ3v) is 7.81. The number of ether oxygens (including phenoxy) is 2. The quantitative estimate of drug-likeness (QED) is 0.342. The predicted molar refractivity (Wildman–Crippen MR) is 139 cm³/mol. The molecule has 0 bridgehead atoms. The van der Waals surface area contributed by atoms with Crippen LogP contribution in [0.2, 0.25) is 5.02 Å². The second-order valence-electron chi connectivity index (χ2n) is 8.90. The number of rotatable bonds is 8. The van der Waals surface area contributed by atoms with Crippen molar-refractivity contribution in [3.63, 3.8) is 0 Å². The van der Waals surface area contributed by atoms with Gasteiger partial charge in [0.25, 0.3) is 0 Å². The molecule has 0 fully saturated rings. The Hall–Kier alpha value is -3.68. The number of halogens is 1. The van der Waals surface area contributed by atoms with E-state index in [1.165, 1.54) is 19.3 Å².